The topological polar surface area (TPSA) is 29.5 Å². The molecule has 0 atom stereocenters. The van der Waals surface area contributed by atoms with Crippen molar-refractivity contribution >= 4 is 12.9 Å². The zero-order valence-electron chi connectivity index (χ0n) is 13.0. The smallest absolute Gasteiger partial charge is 0.330 e. The van der Waals surface area contributed by atoms with Gasteiger partial charge in [0.15, 0.2) is 0 Å². The van der Waals surface area contributed by atoms with Gasteiger partial charge in [0, 0.05) is 12.0 Å². The van der Waals surface area contributed by atoms with Crippen molar-refractivity contribution in [3.05, 3.63) is 29.3 Å². The molecule has 0 aliphatic heterocycles. The van der Waals surface area contributed by atoms with Crippen LogP contribution in [0.15, 0.2) is 18.2 Å². The minimum atomic E-state index is -2.72. The number of benzene rings is 1. The fraction of sp³-hybridized carbons (Fsp3) is 0.625. The second-order valence-electron chi connectivity index (χ2n) is 6.78. The lowest BCUT2D eigenvalue weighted by molar-refractivity contribution is -0.0893. The Labute approximate surface area is 125 Å². The first-order valence-corrected chi connectivity index (χ1v) is 7.28. The number of hydrogen-bond acceptors (Lipinski definition) is 2. The van der Waals surface area contributed by atoms with Crippen LogP contribution in [-0.4, -0.2) is 23.8 Å². The molecule has 2 nitrogen and oxygen atoms in total. The van der Waals surface area contributed by atoms with Crippen molar-refractivity contribution in [1.29, 1.82) is 0 Å². The van der Waals surface area contributed by atoms with E-state index >= 15 is 0 Å². The van der Waals surface area contributed by atoms with Gasteiger partial charge in [0.1, 0.15) is 0 Å². The van der Waals surface area contributed by atoms with E-state index in [2.05, 4.69) is 0 Å². The van der Waals surface area contributed by atoms with Crippen LogP contribution in [0.4, 0.5) is 8.78 Å². The molecule has 115 valence electrons. The molecule has 0 bridgehead atoms. The maximum atomic E-state index is 13.8. The second-order valence-corrected chi connectivity index (χ2v) is 6.78. The minimum Gasteiger partial charge on any atom is -0.427 e. The molecule has 0 fully saturated rings. The Morgan fingerprint density at radius 1 is 1.24 bits per heavy atom. The van der Waals surface area contributed by atoms with Gasteiger partial charge in [-0.2, -0.15) is 0 Å². The van der Waals surface area contributed by atoms with Crippen molar-refractivity contribution in [3.63, 3.8) is 0 Å². The van der Waals surface area contributed by atoms with Crippen molar-refractivity contribution in [3.8, 4) is 0 Å². The van der Waals surface area contributed by atoms with Gasteiger partial charge in [-0.25, -0.2) is 8.78 Å². The molecule has 5 heteroatoms. The summed E-state index contributed by atoms with van der Waals surface area (Å²) in [5.41, 5.74) is -0.224. The second kappa shape index (κ2) is 5.36. The van der Waals surface area contributed by atoms with Crippen LogP contribution in [0.25, 0.3) is 0 Å². The monoisotopic (exact) mass is 295 g/mol. The van der Waals surface area contributed by atoms with Crippen molar-refractivity contribution in [2.45, 2.75) is 64.1 Å². The average Bonchev–Trinajstić information content (AvgIpc) is 2.34. The Kier molecular flexibility index (Phi) is 4.20. The number of hydrogen-bond donors (Lipinski definition) is 1. The lowest BCUT2D eigenvalue weighted by Crippen LogP contribution is -2.49. The first-order chi connectivity index (χ1) is 9.53. The summed E-state index contributed by atoms with van der Waals surface area (Å²) >= 11 is 0. The zero-order chi connectivity index (χ0) is 15.9. The Balaban J connectivity index is 2.14. The summed E-state index contributed by atoms with van der Waals surface area (Å²) in [5, 5.41) is 10.0. The zero-order valence-corrected chi connectivity index (χ0v) is 13.0. The standard InChI is InChI=1S/C16H22BF2O2/c1-14(2,20)15(3,4)21-17-12-7-8-13-11(10-12)6-5-9-16(13,18)19/h7-8,10,20H,5-6,9H2,1-4H3. The highest BCUT2D eigenvalue weighted by Crippen LogP contribution is 2.39. The molecule has 1 N–H and O–H groups in total. The summed E-state index contributed by atoms with van der Waals surface area (Å²) in [7, 11) is 1.53. The largest absolute Gasteiger partial charge is 0.427 e. The molecule has 0 heterocycles. The third-order valence-electron chi connectivity index (χ3n) is 4.42. The van der Waals surface area contributed by atoms with Gasteiger partial charge in [-0.1, -0.05) is 23.7 Å². The number of aryl methyl sites for hydroxylation is 1. The van der Waals surface area contributed by atoms with E-state index in [-0.39, 0.29) is 12.0 Å². The normalized spacial score (nSPS) is 18.2. The molecule has 0 unspecified atom stereocenters. The van der Waals surface area contributed by atoms with Crippen molar-refractivity contribution < 1.29 is 18.5 Å². The first kappa shape index (κ1) is 16.4. The molecule has 0 spiro atoms. The lowest BCUT2D eigenvalue weighted by Gasteiger charge is -2.37. The van der Waals surface area contributed by atoms with Crippen LogP contribution in [-0.2, 0) is 17.0 Å². The van der Waals surface area contributed by atoms with Crippen LogP contribution in [0.1, 0.15) is 51.7 Å². The molecule has 1 aliphatic rings. The van der Waals surface area contributed by atoms with E-state index < -0.39 is 17.1 Å². The van der Waals surface area contributed by atoms with E-state index in [0.29, 0.717) is 18.4 Å². The van der Waals surface area contributed by atoms with Crippen LogP contribution in [0.2, 0.25) is 0 Å². The fourth-order valence-electron chi connectivity index (χ4n) is 2.25. The molecule has 21 heavy (non-hydrogen) atoms. The molecule has 0 saturated carbocycles. The average molecular weight is 295 g/mol. The van der Waals surface area contributed by atoms with Gasteiger partial charge < -0.3 is 9.76 Å². The molecule has 0 amide bonds. The molecule has 1 aliphatic carbocycles. The summed E-state index contributed by atoms with van der Waals surface area (Å²) in [5.74, 6) is -2.72. The number of halogens is 2. The Morgan fingerprint density at radius 2 is 1.90 bits per heavy atom. The molecule has 1 aromatic rings. The fourth-order valence-corrected chi connectivity index (χ4v) is 2.25. The number of fused-ring (bicyclic) bond motifs is 1. The summed E-state index contributed by atoms with van der Waals surface area (Å²) in [4.78, 5) is 0. The number of alkyl halides is 2. The lowest BCUT2D eigenvalue weighted by atomic mass is 9.79. The third kappa shape index (κ3) is 3.46. The summed E-state index contributed by atoms with van der Waals surface area (Å²) in [6, 6.07) is 4.88. The van der Waals surface area contributed by atoms with Gasteiger partial charge in [0.2, 0.25) is 0 Å². The van der Waals surface area contributed by atoms with Crippen LogP contribution in [0, 0.1) is 0 Å². The highest BCUT2D eigenvalue weighted by atomic mass is 19.3. The van der Waals surface area contributed by atoms with Crippen LogP contribution < -0.4 is 5.46 Å². The van der Waals surface area contributed by atoms with Crippen molar-refractivity contribution in [2.75, 3.05) is 0 Å². The first-order valence-electron chi connectivity index (χ1n) is 7.28. The predicted molar refractivity (Wildman–Crippen MR) is 80.1 cm³/mol. The SMILES string of the molecule is CC(C)(O)C(C)(C)O[B]c1ccc2c(c1)CCCC2(F)F. The summed E-state index contributed by atoms with van der Waals surface area (Å²) in [6.07, 6.45) is 1.09. The maximum Gasteiger partial charge on any atom is 0.330 e. The highest BCUT2D eigenvalue weighted by Gasteiger charge is 2.37. The molecular weight excluding hydrogens is 273 g/mol. The van der Waals surface area contributed by atoms with E-state index in [4.69, 9.17) is 4.65 Å². The predicted octanol–water partition coefficient (Wildman–Crippen LogP) is 2.93. The van der Waals surface area contributed by atoms with E-state index in [1.54, 1.807) is 39.8 Å². The maximum absolute atomic E-state index is 13.8. The van der Waals surface area contributed by atoms with Gasteiger partial charge in [0.25, 0.3) is 5.92 Å². The number of aliphatic hydroxyl groups is 1. The Morgan fingerprint density at radius 3 is 2.52 bits per heavy atom. The van der Waals surface area contributed by atoms with E-state index in [0.717, 1.165) is 5.46 Å². The van der Waals surface area contributed by atoms with E-state index in [9.17, 15) is 13.9 Å². The molecule has 1 aromatic carbocycles. The van der Waals surface area contributed by atoms with Gasteiger partial charge in [-0.3, -0.25) is 0 Å². The highest BCUT2D eigenvalue weighted by molar-refractivity contribution is 6.47. The molecule has 2 rings (SSSR count). The van der Waals surface area contributed by atoms with Crippen LogP contribution in [0.3, 0.4) is 0 Å². The van der Waals surface area contributed by atoms with Crippen molar-refractivity contribution in [2.24, 2.45) is 0 Å². The van der Waals surface area contributed by atoms with Gasteiger partial charge in [-0.15, -0.1) is 0 Å². The van der Waals surface area contributed by atoms with Crippen LogP contribution in [0.5, 0.6) is 0 Å². The molecule has 1 radical (unpaired) electrons. The Hall–Kier alpha value is -0.935. The quantitative estimate of drug-likeness (QED) is 0.865. The van der Waals surface area contributed by atoms with Gasteiger partial charge >= 0.3 is 7.48 Å². The Bertz CT molecular complexity index is 521. The van der Waals surface area contributed by atoms with Crippen LogP contribution >= 0.6 is 0 Å². The van der Waals surface area contributed by atoms with E-state index in [1.807, 2.05) is 0 Å². The number of rotatable bonds is 4. The minimum absolute atomic E-state index is 0.0781. The molecule has 0 saturated heterocycles. The van der Waals surface area contributed by atoms with Crippen molar-refractivity contribution in [1.82, 2.24) is 0 Å². The van der Waals surface area contributed by atoms with Gasteiger partial charge in [0.05, 0.1) is 11.2 Å². The van der Waals surface area contributed by atoms with Gasteiger partial charge in [-0.05, 0) is 46.1 Å². The third-order valence-corrected chi connectivity index (χ3v) is 4.42. The molecular formula is C16H22BF2O2. The summed E-state index contributed by atoms with van der Waals surface area (Å²) < 4.78 is 33.2. The summed E-state index contributed by atoms with van der Waals surface area (Å²) in [6.45, 7) is 6.93. The molecule has 0 aromatic heterocycles. The van der Waals surface area contributed by atoms with E-state index in [1.165, 1.54) is 13.5 Å².